The van der Waals surface area contributed by atoms with Crippen LogP contribution in [0.2, 0.25) is 311 Å². The van der Waals surface area contributed by atoms with E-state index in [2.05, 4.69) is 275 Å². The molecule has 0 spiro atoms. The molecule has 0 saturated heterocycles. The van der Waals surface area contributed by atoms with Crippen LogP contribution < -0.4 is 0 Å². The molecule has 0 aliphatic carbocycles. The van der Waals surface area contributed by atoms with Crippen molar-refractivity contribution in [2.24, 2.45) is 16.2 Å². The van der Waals surface area contributed by atoms with Crippen molar-refractivity contribution in [3.05, 3.63) is 0 Å². The highest BCUT2D eigenvalue weighted by molar-refractivity contribution is 6.92. The van der Waals surface area contributed by atoms with Crippen LogP contribution in [-0.4, -0.2) is 301 Å². The van der Waals surface area contributed by atoms with Crippen LogP contribution in [0, 0.1) is 16.2 Å². The summed E-state index contributed by atoms with van der Waals surface area (Å²) in [5, 5.41) is 60.3. The summed E-state index contributed by atoms with van der Waals surface area (Å²) in [5.41, 5.74) is -2.33. The van der Waals surface area contributed by atoms with E-state index in [1.54, 1.807) is 0 Å². The average molecular weight is 2150 g/mol. The quantitative estimate of drug-likeness (QED) is 0.0244. The molecule has 780 valence electrons. The lowest BCUT2D eigenvalue weighted by atomic mass is 9.92. The lowest BCUT2D eigenvalue weighted by Gasteiger charge is -2.38. The second kappa shape index (κ2) is 61.9. The number of ether oxygens (including phenoxy) is 6. The molecule has 0 fully saturated rings. The lowest BCUT2D eigenvalue weighted by molar-refractivity contribution is -0.0778. The number of aliphatic hydroxyl groups is 6. The van der Waals surface area contributed by atoms with Crippen LogP contribution in [0.25, 0.3) is 0 Å². The van der Waals surface area contributed by atoms with E-state index in [1.165, 1.54) is 0 Å². The fraction of sp³-hybridized carbons (Fsp3) is 1.00. The molecule has 0 aliphatic heterocycles. The number of hydrogen-bond donors (Lipinski definition) is 6. The van der Waals surface area contributed by atoms with Crippen LogP contribution in [0.3, 0.4) is 0 Å². The molecule has 0 amide bonds. The molecule has 0 radical (unpaired) electrons. The molecule has 0 heterocycles. The molecule has 0 saturated carbocycles. The van der Waals surface area contributed by atoms with E-state index >= 15 is 0 Å². The minimum absolute atomic E-state index is 0.154. The molecular formula is C87H216O24Si18. The van der Waals surface area contributed by atoms with Gasteiger partial charge < -0.3 is 108 Å². The number of hydrogen-bond acceptors (Lipinski definition) is 24. The zero-order chi connectivity index (χ0) is 101. The summed E-state index contributed by atoms with van der Waals surface area (Å²) in [6.45, 7) is 98.4. The van der Waals surface area contributed by atoms with E-state index in [0.717, 1.165) is 152 Å². The fourth-order valence-electron chi connectivity index (χ4n) is 16.0. The second-order valence-corrected chi connectivity index (χ2v) is 127. The van der Waals surface area contributed by atoms with Gasteiger partial charge in [-0.25, -0.2) is 0 Å². The topological polar surface area (TPSA) is 288 Å². The number of aliphatic hydroxyl groups excluding tert-OH is 6. The maximum Gasteiger partial charge on any atom is 0.314 e. The minimum Gasteiger partial charge on any atom is -0.437 e. The van der Waals surface area contributed by atoms with Crippen LogP contribution >= 0.6 is 0 Å². The van der Waals surface area contributed by atoms with E-state index in [1.807, 2.05) is 0 Å². The van der Waals surface area contributed by atoms with Crippen molar-refractivity contribution in [2.45, 2.75) is 427 Å². The molecule has 0 unspecified atom stereocenters. The van der Waals surface area contributed by atoms with Gasteiger partial charge in [0.15, 0.2) is 99.8 Å². The van der Waals surface area contributed by atoms with Crippen LogP contribution in [0.4, 0.5) is 0 Å². The van der Waals surface area contributed by atoms with Gasteiger partial charge in [0.25, 0.3) is 0 Å². The average Bonchev–Trinajstić information content (AvgIpc) is 0.856. The fourth-order valence-corrected chi connectivity index (χ4v) is 91.7. The zero-order valence-corrected chi connectivity index (χ0v) is 110. The lowest BCUT2D eigenvalue weighted by Crippen LogP contribution is -2.52. The van der Waals surface area contributed by atoms with Crippen molar-refractivity contribution >= 4 is 151 Å². The predicted octanol–water partition coefficient (Wildman–Crippen LogP) is 23.6. The molecule has 0 aromatic heterocycles. The number of rotatable bonds is 78. The Hall–Kier alpha value is 2.94. The highest BCUT2D eigenvalue weighted by Gasteiger charge is 2.47. The Kier molecular flexibility index (Phi) is 65.3. The van der Waals surface area contributed by atoms with Gasteiger partial charge >= 0.3 is 51.4 Å². The largest absolute Gasteiger partial charge is 0.437 e. The van der Waals surface area contributed by atoms with Gasteiger partial charge in [0.05, 0.1) is 95.5 Å². The highest BCUT2D eigenvalue weighted by atomic mass is 28.5. The van der Waals surface area contributed by atoms with Crippen LogP contribution in [0.15, 0.2) is 0 Å². The SMILES string of the molecule is C[Si](C)(C)O[Si](C)(CCCCCCOCC(CO)(CO)COCCCCCC[Si](C)(O[Si](C)(C)C)O[Si](C)(C)C)O[Si](C)(C)C.C[Si](C)(C)O[Si](C)(CCCCCOCC(CO)(CO)COCCCCC[Si](C)(O[Si](C)(C)C)O[Si](C)(C)C)O[Si](C)(C)C.C[Si](C)(C)O[Si](C)(CCCCOCC(CO)(CO)COCCCC[Si](C)(O[Si](C)(C)C)O[Si](C)(C)C)O[Si](C)(C)C. The van der Waals surface area contributed by atoms with Crippen LogP contribution in [0.1, 0.15) is 116 Å². The van der Waals surface area contributed by atoms with Gasteiger partial charge in [-0.2, -0.15) is 0 Å². The molecule has 129 heavy (non-hydrogen) atoms. The van der Waals surface area contributed by atoms with Gasteiger partial charge in [-0.3, -0.25) is 0 Å². The van der Waals surface area contributed by atoms with E-state index in [0.29, 0.717) is 52.9 Å². The maximum absolute atomic E-state index is 10.1. The normalized spacial score (nSPS) is 14.5. The Morgan fingerprint density at radius 1 is 0.140 bits per heavy atom. The summed E-state index contributed by atoms with van der Waals surface area (Å²) in [5.74, 6) is 0. The first-order valence-electron chi connectivity index (χ1n) is 49.6. The van der Waals surface area contributed by atoms with Gasteiger partial charge in [0, 0.05) is 39.6 Å². The van der Waals surface area contributed by atoms with E-state index in [9.17, 15) is 30.6 Å². The molecular weight excluding hydrogens is 1930 g/mol. The second-order valence-electron chi connectivity index (χ2n) is 50.0. The third-order valence-electron chi connectivity index (χ3n) is 19.2. The number of unbranched alkanes of at least 4 members (excludes halogenated alkanes) is 12. The minimum atomic E-state index is -2.24. The van der Waals surface area contributed by atoms with Crippen molar-refractivity contribution in [2.75, 3.05) is 119 Å². The zero-order valence-electron chi connectivity index (χ0n) is 92.2. The van der Waals surface area contributed by atoms with Gasteiger partial charge in [0.2, 0.25) is 0 Å². The van der Waals surface area contributed by atoms with Crippen LogP contribution in [-0.2, 0) is 77.8 Å². The van der Waals surface area contributed by atoms with Crippen molar-refractivity contribution in [3.8, 4) is 0 Å². The van der Waals surface area contributed by atoms with Crippen molar-refractivity contribution in [1.29, 1.82) is 0 Å². The summed E-state index contributed by atoms with van der Waals surface area (Å²) in [6, 6.07) is 5.99. The van der Waals surface area contributed by atoms with Crippen molar-refractivity contribution in [3.63, 3.8) is 0 Å². The van der Waals surface area contributed by atoms with Gasteiger partial charge in [-0.15, -0.1) is 0 Å². The first-order chi connectivity index (χ1) is 58.1. The molecule has 0 atom stereocenters. The monoisotopic (exact) mass is 2150 g/mol. The summed E-state index contributed by atoms with van der Waals surface area (Å²) < 4.78 is 115. The highest BCUT2D eigenvalue weighted by Crippen LogP contribution is 2.35. The van der Waals surface area contributed by atoms with E-state index in [-0.39, 0.29) is 66.1 Å². The third kappa shape index (κ3) is 80.0. The Bertz CT molecular complexity index is 2550. The molecule has 42 heteroatoms. The van der Waals surface area contributed by atoms with Crippen LogP contribution in [0.5, 0.6) is 0 Å². The standard InChI is InChI=1S/C31H76O8Si6.C29H72O8Si6.C27H68O8Si6/c1-40(2,3)36-44(13,37-41(4,5)6)25-21-17-15-19-23-34-29-31(27-32,28-33)30-35-24-20-16-18-22-26-45(14,38-42(7,8)9)39-43(10,11)12;1-38(2,3)34-42(13,35-39(4,5)6)23-19-15-17-21-32-27-29(25-30,26-31)28-33-22-18-16-20-24-43(14,36-40(7,8)9)37-41(10,11)12;1-36(2,3)32-40(13,33-37(4,5)6)21-17-15-19-30-25-27(23-28,24-29)26-31-20-16-18-22-41(14,34-38(7,8)9)35-39(10,11)12/h32-33H,15-30H2,1-14H3;30-31H,15-28H2,1-14H3;28-29H,15-26H2,1-14H3. The van der Waals surface area contributed by atoms with Gasteiger partial charge in [0.1, 0.15) is 0 Å². The molecule has 24 nitrogen and oxygen atoms in total. The van der Waals surface area contributed by atoms with Crippen molar-refractivity contribution in [1.82, 2.24) is 0 Å². The molecule has 0 aliphatic rings. The van der Waals surface area contributed by atoms with Gasteiger partial charge in [-0.1, -0.05) is 64.2 Å². The summed E-state index contributed by atoms with van der Waals surface area (Å²) >= 11 is 0. The van der Waals surface area contributed by atoms with Gasteiger partial charge in [-0.05, 0) is 363 Å². The molecule has 0 rings (SSSR count). The molecule has 0 aromatic carbocycles. The smallest absolute Gasteiger partial charge is 0.314 e. The summed E-state index contributed by atoms with van der Waals surface area (Å²) in [6.07, 6.45) is 18.4. The Morgan fingerprint density at radius 3 is 0.341 bits per heavy atom. The van der Waals surface area contributed by atoms with E-state index < -0.39 is 167 Å². The summed E-state index contributed by atoms with van der Waals surface area (Å²) in [7, 11) is -33.4. The Labute approximate surface area is 815 Å². The first-order valence-corrected chi connectivity index (χ1v) is 106. The van der Waals surface area contributed by atoms with E-state index in [4.69, 9.17) is 77.8 Å². The van der Waals surface area contributed by atoms with Crippen molar-refractivity contribution < 1.29 is 108 Å². The first kappa shape index (κ1) is 136. The molecule has 0 bridgehead atoms. The molecule has 0 aromatic rings. The molecule has 6 N–H and O–H groups in total. The Morgan fingerprint density at radius 2 is 0.233 bits per heavy atom. The summed E-state index contributed by atoms with van der Waals surface area (Å²) in [4.78, 5) is 0. The predicted molar refractivity (Wildman–Crippen MR) is 590 cm³/mol. The Balaban J connectivity index is -0.00000185. The third-order valence-corrected chi connectivity index (χ3v) is 76.9. The maximum atomic E-state index is 10.1.